The van der Waals surface area contributed by atoms with E-state index in [0.29, 0.717) is 24.6 Å². The summed E-state index contributed by atoms with van der Waals surface area (Å²) in [6.45, 7) is 1.29. The van der Waals surface area contributed by atoms with Gasteiger partial charge in [-0.25, -0.2) is 0 Å². The van der Waals surface area contributed by atoms with Crippen LogP contribution in [-0.2, 0) is 9.47 Å². The first-order valence-electron chi connectivity index (χ1n) is 7.56. The van der Waals surface area contributed by atoms with Crippen molar-refractivity contribution in [3.63, 3.8) is 0 Å². The molecular formula is C16H16N4O3S. The Morgan fingerprint density at radius 2 is 1.92 bits per heavy atom. The first kappa shape index (κ1) is 15.4. The number of thioether (sulfide) groups is 1. The molecule has 8 heteroatoms. The highest BCUT2D eigenvalue weighted by Crippen LogP contribution is 2.23. The molecule has 0 bridgehead atoms. The molecule has 24 heavy (non-hydrogen) atoms. The van der Waals surface area contributed by atoms with E-state index in [2.05, 4.69) is 15.3 Å². The smallest absolute Gasteiger partial charge is 0.212 e. The van der Waals surface area contributed by atoms with Crippen LogP contribution < -0.4 is 4.74 Å². The van der Waals surface area contributed by atoms with Crippen LogP contribution in [0.4, 0.5) is 0 Å². The van der Waals surface area contributed by atoms with E-state index in [1.54, 1.807) is 11.6 Å². The van der Waals surface area contributed by atoms with Crippen LogP contribution in [-0.4, -0.2) is 52.2 Å². The van der Waals surface area contributed by atoms with Crippen molar-refractivity contribution in [3.05, 3.63) is 36.4 Å². The van der Waals surface area contributed by atoms with Crippen LogP contribution in [0.5, 0.6) is 5.75 Å². The van der Waals surface area contributed by atoms with Gasteiger partial charge in [-0.05, 0) is 36.4 Å². The van der Waals surface area contributed by atoms with Gasteiger partial charge in [-0.1, -0.05) is 11.8 Å². The van der Waals surface area contributed by atoms with Gasteiger partial charge in [0.05, 0.1) is 31.8 Å². The molecule has 0 amide bonds. The van der Waals surface area contributed by atoms with E-state index in [9.17, 15) is 0 Å². The van der Waals surface area contributed by atoms with Gasteiger partial charge in [0, 0.05) is 5.56 Å². The van der Waals surface area contributed by atoms with Crippen molar-refractivity contribution in [1.29, 1.82) is 0 Å². The molecule has 7 nitrogen and oxygen atoms in total. The Labute approximate surface area is 142 Å². The van der Waals surface area contributed by atoms with Crippen LogP contribution in [0.2, 0.25) is 0 Å². The largest absolute Gasteiger partial charge is 0.497 e. The topological polar surface area (TPSA) is 70.8 Å². The van der Waals surface area contributed by atoms with Crippen LogP contribution in [0.3, 0.4) is 0 Å². The molecule has 0 atom stereocenters. The maximum absolute atomic E-state index is 5.45. The first-order chi connectivity index (χ1) is 11.8. The number of hydrogen-bond donors (Lipinski definition) is 0. The van der Waals surface area contributed by atoms with Crippen LogP contribution in [0.1, 0.15) is 0 Å². The predicted octanol–water partition coefficient (Wildman–Crippen LogP) is 2.26. The quantitative estimate of drug-likeness (QED) is 0.658. The average molecular weight is 344 g/mol. The van der Waals surface area contributed by atoms with Crippen molar-refractivity contribution in [3.8, 4) is 17.0 Å². The minimum atomic E-state index is -0.188. The second kappa shape index (κ2) is 6.76. The van der Waals surface area contributed by atoms with Gasteiger partial charge in [0.1, 0.15) is 5.75 Å². The number of rotatable bonds is 5. The highest BCUT2D eigenvalue weighted by atomic mass is 32.2. The molecule has 3 heterocycles. The molecule has 1 fully saturated rings. The first-order valence-corrected chi connectivity index (χ1v) is 8.55. The van der Waals surface area contributed by atoms with Gasteiger partial charge < -0.3 is 14.2 Å². The molecule has 1 aliphatic rings. The van der Waals surface area contributed by atoms with Gasteiger partial charge in [-0.3, -0.25) is 0 Å². The van der Waals surface area contributed by atoms with E-state index in [1.807, 2.05) is 36.4 Å². The monoisotopic (exact) mass is 344 g/mol. The van der Waals surface area contributed by atoms with Crippen LogP contribution in [0.25, 0.3) is 16.9 Å². The molecule has 1 aliphatic heterocycles. The Hall–Kier alpha value is -2.16. The molecule has 1 saturated heterocycles. The third kappa shape index (κ3) is 3.08. The lowest BCUT2D eigenvalue weighted by Crippen LogP contribution is -2.11. The van der Waals surface area contributed by atoms with Crippen LogP contribution in [0.15, 0.2) is 41.6 Å². The van der Waals surface area contributed by atoms with Gasteiger partial charge in [0.2, 0.25) is 5.16 Å². The summed E-state index contributed by atoms with van der Waals surface area (Å²) in [6.07, 6.45) is -0.188. The molecule has 3 aromatic rings. The van der Waals surface area contributed by atoms with Crippen molar-refractivity contribution in [2.45, 2.75) is 11.4 Å². The summed E-state index contributed by atoms with van der Waals surface area (Å²) in [5, 5.41) is 13.7. The number of fused-ring (bicyclic) bond motifs is 1. The van der Waals surface area contributed by atoms with Crippen LogP contribution in [0, 0.1) is 0 Å². The van der Waals surface area contributed by atoms with Gasteiger partial charge in [0.25, 0.3) is 0 Å². The molecule has 1 aromatic carbocycles. The van der Waals surface area contributed by atoms with Crippen molar-refractivity contribution < 1.29 is 14.2 Å². The summed E-state index contributed by atoms with van der Waals surface area (Å²) in [5.41, 5.74) is 2.56. The van der Waals surface area contributed by atoms with Gasteiger partial charge >= 0.3 is 0 Å². The van der Waals surface area contributed by atoms with Gasteiger partial charge in [-0.15, -0.1) is 10.2 Å². The minimum absolute atomic E-state index is 0.188. The Morgan fingerprint density at radius 1 is 1.12 bits per heavy atom. The average Bonchev–Trinajstić information content (AvgIpc) is 3.29. The zero-order valence-electron chi connectivity index (χ0n) is 13.1. The Balaban J connectivity index is 1.59. The fourth-order valence-corrected chi connectivity index (χ4v) is 3.25. The zero-order valence-corrected chi connectivity index (χ0v) is 13.9. The summed E-state index contributed by atoms with van der Waals surface area (Å²) in [7, 11) is 1.65. The standard InChI is InChI=1S/C16H16N4O3S/c1-21-12-4-2-11(3-5-12)13-6-7-14-17-18-16(20(14)19-13)24-10-15-22-8-9-23-15/h2-7,15H,8-10H2,1H3. The lowest BCUT2D eigenvalue weighted by molar-refractivity contribution is -0.0215. The number of nitrogens with zero attached hydrogens (tertiary/aromatic N) is 4. The molecular weight excluding hydrogens is 328 g/mol. The summed E-state index contributed by atoms with van der Waals surface area (Å²) in [5.74, 6) is 1.48. The second-order valence-corrected chi connectivity index (χ2v) is 6.17. The van der Waals surface area contributed by atoms with Crippen molar-refractivity contribution >= 4 is 17.4 Å². The van der Waals surface area contributed by atoms with Crippen molar-refractivity contribution in [1.82, 2.24) is 19.8 Å². The fraction of sp³-hybridized carbons (Fsp3) is 0.312. The Kier molecular flexibility index (Phi) is 4.33. The van der Waals surface area contributed by atoms with E-state index in [1.165, 1.54) is 11.8 Å². The number of benzene rings is 1. The molecule has 0 saturated carbocycles. The zero-order chi connectivity index (χ0) is 16.4. The van der Waals surface area contributed by atoms with E-state index >= 15 is 0 Å². The van der Waals surface area contributed by atoms with Crippen molar-refractivity contribution in [2.75, 3.05) is 26.1 Å². The number of hydrogen-bond acceptors (Lipinski definition) is 7. The third-order valence-corrected chi connectivity index (χ3v) is 4.61. The Bertz CT molecular complexity index is 831. The van der Waals surface area contributed by atoms with E-state index in [0.717, 1.165) is 22.2 Å². The lowest BCUT2D eigenvalue weighted by atomic mass is 10.1. The molecule has 2 aromatic heterocycles. The summed E-state index contributed by atoms with van der Waals surface area (Å²) >= 11 is 1.52. The number of methoxy groups -OCH3 is 1. The summed E-state index contributed by atoms with van der Waals surface area (Å²) in [6, 6.07) is 11.6. The molecule has 0 unspecified atom stereocenters. The maximum Gasteiger partial charge on any atom is 0.212 e. The third-order valence-electron chi connectivity index (χ3n) is 3.66. The van der Waals surface area contributed by atoms with Crippen LogP contribution >= 0.6 is 11.8 Å². The Morgan fingerprint density at radius 3 is 2.67 bits per heavy atom. The van der Waals surface area contributed by atoms with E-state index in [4.69, 9.17) is 14.2 Å². The number of aromatic nitrogens is 4. The van der Waals surface area contributed by atoms with Gasteiger partial charge in [0.15, 0.2) is 11.9 Å². The molecule has 124 valence electrons. The molecule has 0 spiro atoms. The van der Waals surface area contributed by atoms with E-state index in [-0.39, 0.29) is 6.29 Å². The maximum atomic E-state index is 5.45. The number of ether oxygens (including phenoxy) is 3. The molecule has 0 aliphatic carbocycles. The molecule has 0 N–H and O–H groups in total. The molecule has 4 rings (SSSR count). The summed E-state index contributed by atoms with van der Waals surface area (Å²) < 4.78 is 17.8. The van der Waals surface area contributed by atoms with Crippen molar-refractivity contribution in [2.24, 2.45) is 0 Å². The lowest BCUT2D eigenvalue weighted by Gasteiger charge is -2.07. The van der Waals surface area contributed by atoms with E-state index < -0.39 is 0 Å². The SMILES string of the molecule is COc1ccc(-c2ccc3nnc(SCC4OCCO4)n3n2)cc1. The molecule has 0 radical (unpaired) electrons. The highest BCUT2D eigenvalue weighted by molar-refractivity contribution is 7.99. The fourth-order valence-electron chi connectivity index (χ4n) is 2.42. The van der Waals surface area contributed by atoms with Gasteiger partial charge in [-0.2, -0.15) is 9.61 Å². The minimum Gasteiger partial charge on any atom is -0.497 e. The predicted molar refractivity (Wildman–Crippen MR) is 89.2 cm³/mol. The second-order valence-electron chi connectivity index (χ2n) is 5.18. The summed E-state index contributed by atoms with van der Waals surface area (Å²) in [4.78, 5) is 0. The highest BCUT2D eigenvalue weighted by Gasteiger charge is 2.18. The normalized spacial score (nSPS) is 15.2.